The maximum absolute atomic E-state index is 13.6. The number of anilines is 1. The number of aryl methyl sites for hydroxylation is 2. The highest BCUT2D eigenvalue weighted by molar-refractivity contribution is 5.85. The van der Waals surface area contributed by atoms with E-state index in [-0.39, 0.29) is 11.8 Å². The molecule has 0 saturated carbocycles. The number of likely N-dealkylation sites (tertiary alicyclic amines) is 1. The number of hydrogen-bond donors (Lipinski definition) is 2. The number of aliphatic hydroxyl groups excluding tert-OH is 1. The van der Waals surface area contributed by atoms with Gasteiger partial charge in [-0.2, -0.15) is 0 Å². The lowest BCUT2D eigenvalue weighted by Crippen LogP contribution is -2.48. The minimum Gasteiger partial charge on any atom is -0.486 e. The number of amides is 1. The number of ether oxygens (including phenoxy) is 2. The number of hydrogen-bond acceptors (Lipinski definition) is 6. The molecule has 0 spiro atoms. The Morgan fingerprint density at radius 2 is 1.85 bits per heavy atom. The molecule has 1 amide bonds. The molecule has 3 atom stereocenters. The quantitative estimate of drug-likeness (QED) is 0.461. The van der Waals surface area contributed by atoms with Crippen LogP contribution in [0.25, 0.3) is 10.9 Å². The Morgan fingerprint density at radius 1 is 1.05 bits per heavy atom. The predicted molar refractivity (Wildman–Crippen MR) is 153 cm³/mol. The summed E-state index contributed by atoms with van der Waals surface area (Å²) in [7, 11) is 2.12. The Morgan fingerprint density at radius 3 is 2.64 bits per heavy atom. The van der Waals surface area contributed by atoms with Crippen molar-refractivity contribution in [3.05, 3.63) is 53.7 Å². The van der Waals surface area contributed by atoms with E-state index in [9.17, 15) is 9.90 Å². The standard InChI is InChI=1S/C31H40N4O4/c1-3-24-16-21-6-8-25(18-27(21)33(24)2)35-13-10-23(19-35)31(37)32-26(20-34-11-4-5-12-34)30(36)22-7-9-28-29(17-22)39-15-14-38-28/h6-9,16-18,23,26,30,36H,3-5,10-15,19-20H2,1-2H3,(H,32,37)/t23-,26+,30+/m0/s1. The average Bonchev–Trinajstić information content (AvgIpc) is 3.73. The van der Waals surface area contributed by atoms with Crippen molar-refractivity contribution in [3.8, 4) is 11.5 Å². The number of rotatable bonds is 8. The Bertz CT molecular complexity index is 1330. The van der Waals surface area contributed by atoms with Gasteiger partial charge in [-0.15, -0.1) is 0 Å². The summed E-state index contributed by atoms with van der Waals surface area (Å²) >= 11 is 0. The van der Waals surface area contributed by atoms with Crippen molar-refractivity contribution in [2.75, 3.05) is 50.8 Å². The maximum atomic E-state index is 13.6. The first-order valence-electron chi connectivity index (χ1n) is 14.4. The van der Waals surface area contributed by atoms with E-state index >= 15 is 0 Å². The smallest absolute Gasteiger partial charge is 0.225 e. The third-order valence-electron chi connectivity index (χ3n) is 8.68. The van der Waals surface area contributed by atoms with Crippen LogP contribution in [0.5, 0.6) is 11.5 Å². The molecular weight excluding hydrogens is 492 g/mol. The summed E-state index contributed by atoms with van der Waals surface area (Å²) in [6.07, 6.45) is 3.28. The maximum Gasteiger partial charge on any atom is 0.225 e. The van der Waals surface area contributed by atoms with Gasteiger partial charge in [0.2, 0.25) is 5.91 Å². The highest BCUT2D eigenvalue weighted by Gasteiger charge is 2.33. The summed E-state index contributed by atoms with van der Waals surface area (Å²) in [5, 5.41) is 16.0. The van der Waals surface area contributed by atoms with Crippen LogP contribution in [0.1, 0.15) is 43.5 Å². The third kappa shape index (κ3) is 5.32. The number of carbonyl (C=O) groups excluding carboxylic acids is 1. The molecule has 3 aliphatic rings. The van der Waals surface area contributed by atoms with Crippen molar-refractivity contribution in [3.63, 3.8) is 0 Å². The normalized spacial score (nSPS) is 20.9. The zero-order valence-electron chi connectivity index (χ0n) is 23.1. The fourth-order valence-electron chi connectivity index (χ4n) is 6.36. The van der Waals surface area contributed by atoms with Crippen molar-refractivity contribution in [2.24, 2.45) is 13.0 Å². The van der Waals surface area contributed by atoms with Gasteiger partial charge in [-0.25, -0.2) is 0 Å². The summed E-state index contributed by atoms with van der Waals surface area (Å²) in [6.45, 7) is 7.35. The third-order valence-corrected chi connectivity index (χ3v) is 8.68. The van der Waals surface area contributed by atoms with E-state index < -0.39 is 12.1 Å². The molecule has 3 aliphatic heterocycles. The molecule has 0 unspecified atom stereocenters. The molecular formula is C31H40N4O4. The van der Waals surface area contributed by atoms with Gasteiger partial charge in [0.05, 0.1) is 17.5 Å². The number of aliphatic hydroxyl groups is 1. The summed E-state index contributed by atoms with van der Waals surface area (Å²) < 4.78 is 13.7. The first-order valence-corrected chi connectivity index (χ1v) is 14.4. The molecule has 4 heterocycles. The van der Waals surface area contributed by atoms with Gasteiger partial charge in [-0.1, -0.05) is 19.1 Å². The fraction of sp³-hybridized carbons (Fsp3) is 0.516. The van der Waals surface area contributed by atoms with E-state index in [1.165, 1.54) is 16.6 Å². The summed E-state index contributed by atoms with van der Waals surface area (Å²) in [4.78, 5) is 18.2. The lowest BCUT2D eigenvalue weighted by molar-refractivity contribution is -0.126. The second kappa shape index (κ2) is 11.1. The zero-order chi connectivity index (χ0) is 26.9. The van der Waals surface area contributed by atoms with Crippen molar-refractivity contribution in [1.29, 1.82) is 0 Å². The topological polar surface area (TPSA) is 79.2 Å². The minimum atomic E-state index is -0.838. The molecule has 8 heteroatoms. The molecule has 2 N–H and O–H groups in total. The van der Waals surface area contributed by atoms with Crippen LogP contribution in [-0.2, 0) is 18.3 Å². The molecule has 0 aliphatic carbocycles. The molecule has 2 fully saturated rings. The van der Waals surface area contributed by atoms with Gasteiger partial charge in [-0.3, -0.25) is 4.79 Å². The van der Waals surface area contributed by atoms with Crippen LogP contribution in [-0.4, -0.2) is 72.5 Å². The van der Waals surface area contributed by atoms with Crippen molar-refractivity contribution in [2.45, 2.75) is 44.8 Å². The number of nitrogens with zero attached hydrogens (tertiary/aromatic N) is 3. The van der Waals surface area contributed by atoms with Crippen molar-refractivity contribution >= 4 is 22.5 Å². The Balaban J connectivity index is 1.16. The average molecular weight is 533 g/mol. The SMILES string of the molecule is CCc1cc2ccc(N3CC[C@H](C(=O)N[C@H](CN4CCCC4)[C@H](O)c4ccc5c(c4)OCCO5)C3)cc2n1C. The van der Waals surface area contributed by atoms with Gasteiger partial charge >= 0.3 is 0 Å². The van der Waals surface area contributed by atoms with E-state index in [0.29, 0.717) is 37.8 Å². The Hall–Kier alpha value is -3.23. The minimum absolute atomic E-state index is 0.0199. The zero-order valence-corrected chi connectivity index (χ0v) is 23.1. The molecule has 2 saturated heterocycles. The first kappa shape index (κ1) is 26.0. The fourth-order valence-corrected chi connectivity index (χ4v) is 6.36. The Labute approximate surface area is 230 Å². The molecule has 6 rings (SSSR count). The lowest BCUT2D eigenvalue weighted by Gasteiger charge is -2.30. The van der Waals surface area contributed by atoms with Crippen LogP contribution >= 0.6 is 0 Å². The van der Waals surface area contributed by atoms with E-state index in [4.69, 9.17) is 9.47 Å². The molecule has 0 bridgehead atoms. The number of carbonyl (C=O) groups is 1. The highest BCUT2D eigenvalue weighted by atomic mass is 16.6. The van der Waals surface area contributed by atoms with Crippen molar-refractivity contribution < 1.29 is 19.4 Å². The van der Waals surface area contributed by atoms with Crippen LogP contribution in [0.2, 0.25) is 0 Å². The lowest BCUT2D eigenvalue weighted by atomic mass is 9.99. The van der Waals surface area contributed by atoms with Gasteiger partial charge in [-0.05, 0) is 80.1 Å². The molecule has 2 aromatic carbocycles. The number of fused-ring (bicyclic) bond motifs is 2. The summed E-state index contributed by atoms with van der Waals surface area (Å²) in [5.74, 6) is 1.25. The van der Waals surface area contributed by atoms with E-state index in [1.54, 1.807) is 0 Å². The van der Waals surface area contributed by atoms with Gasteiger partial charge in [0.15, 0.2) is 11.5 Å². The molecule has 1 aromatic heterocycles. The molecule has 208 valence electrons. The monoisotopic (exact) mass is 532 g/mol. The molecule has 39 heavy (non-hydrogen) atoms. The number of benzene rings is 2. The Kier molecular flexibility index (Phi) is 7.40. The van der Waals surface area contributed by atoms with Gasteiger partial charge in [0.1, 0.15) is 19.3 Å². The van der Waals surface area contributed by atoms with E-state index in [1.807, 2.05) is 18.2 Å². The summed E-state index contributed by atoms with van der Waals surface area (Å²) in [6, 6.07) is 14.0. The number of aromatic nitrogens is 1. The van der Waals surface area contributed by atoms with Crippen LogP contribution in [0.3, 0.4) is 0 Å². The number of nitrogens with one attached hydrogen (secondary N) is 1. The predicted octanol–water partition coefficient (Wildman–Crippen LogP) is 3.65. The first-order chi connectivity index (χ1) is 19.0. The van der Waals surface area contributed by atoms with Gasteiger partial charge in [0.25, 0.3) is 0 Å². The second-order valence-corrected chi connectivity index (χ2v) is 11.2. The highest BCUT2D eigenvalue weighted by Crippen LogP contribution is 2.34. The van der Waals surface area contributed by atoms with Crippen LogP contribution in [0.15, 0.2) is 42.5 Å². The van der Waals surface area contributed by atoms with Crippen LogP contribution in [0, 0.1) is 5.92 Å². The largest absolute Gasteiger partial charge is 0.486 e. The molecule has 8 nitrogen and oxygen atoms in total. The van der Waals surface area contributed by atoms with Gasteiger partial charge in [0, 0.05) is 38.1 Å². The van der Waals surface area contributed by atoms with E-state index in [2.05, 4.69) is 57.9 Å². The molecule has 3 aromatic rings. The van der Waals surface area contributed by atoms with Crippen LogP contribution in [0.4, 0.5) is 5.69 Å². The van der Waals surface area contributed by atoms with Crippen LogP contribution < -0.4 is 19.7 Å². The molecule has 0 radical (unpaired) electrons. The van der Waals surface area contributed by atoms with E-state index in [0.717, 1.165) is 56.6 Å². The summed E-state index contributed by atoms with van der Waals surface area (Å²) in [5.41, 5.74) is 4.44. The van der Waals surface area contributed by atoms with Crippen molar-refractivity contribution in [1.82, 2.24) is 14.8 Å². The van der Waals surface area contributed by atoms with Gasteiger partial charge < -0.3 is 34.3 Å². The second-order valence-electron chi connectivity index (χ2n) is 11.2.